The molecule has 1 aliphatic rings. The van der Waals surface area contributed by atoms with Crippen LogP contribution in [0.3, 0.4) is 0 Å². The molecule has 1 heterocycles. The highest BCUT2D eigenvalue weighted by atomic mass is 35.5. The van der Waals surface area contributed by atoms with Crippen molar-refractivity contribution < 1.29 is 9.21 Å². The molecule has 3 rings (SSSR count). The van der Waals surface area contributed by atoms with Crippen molar-refractivity contribution in [2.45, 2.75) is 44.7 Å². The third kappa shape index (κ3) is 2.92. The highest BCUT2D eigenvalue weighted by molar-refractivity contribution is 6.31. The van der Waals surface area contributed by atoms with E-state index in [9.17, 15) is 4.79 Å². The lowest BCUT2D eigenvalue weighted by Gasteiger charge is -2.26. The van der Waals surface area contributed by atoms with Crippen LogP contribution < -0.4 is 11.1 Å². The topological polar surface area (TPSA) is 68.3 Å². The molecule has 1 aliphatic carbocycles. The van der Waals surface area contributed by atoms with Crippen LogP contribution in [-0.4, -0.2) is 18.0 Å². The van der Waals surface area contributed by atoms with Crippen molar-refractivity contribution in [1.82, 2.24) is 5.32 Å². The van der Waals surface area contributed by atoms with E-state index in [1.54, 1.807) is 12.1 Å². The molecule has 1 saturated carbocycles. The van der Waals surface area contributed by atoms with Gasteiger partial charge in [0.25, 0.3) is 5.91 Å². The zero-order valence-electron chi connectivity index (χ0n) is 12.0. The Morgan fingerprint density at radius 3 is 2.76 bits per heavy atom. The van der Waals surface area contributed by atoms with Gasteiger partial charge in [-0.2, -0.15) is 0 Å². The summed E-state index contributed by atoms with van der Waals surface area (Å²) in [5.41, 5.74) is 7.40. The van der Waals surface area contributed by atoms with Gasteiger partial charge in [0.1, 0.15) is 5.58 Å². The lowest BCUT2D eigenvalue weighted by molar-refractivity contribution is 0.0899. The highest BCUT2D eigenvalue weighted by Crippen LogP contribution is 2.28. The lowest BCUT2D eigenvalue weighted by atomic mass is 9.92. The van der Waals surface area contributed by atoms with Crippen LogP contribution in [0.4, 0.5) is 0 Å². The van der Waals surface area contributed by atoms with Gasteiger partial charge in [-0.15, -0.1) is 0 Å². The van der Waals surface area contributed by atoms with Crippen LogP contribution in [0.15, 0.2) is 22.6 Å². The number of furan rings is 1. The number of rotatable bonds is 2. The van der Waals surface area contributed by atoms with Gasteiger partial charge in [-0.25, -0.2) is 0 Å². The van der Waals surface area contributed by atoms with E-state index in [-0.39, 0.29) is 18.0 Å². The SMILES string of the molecule is Cc1c(C(=O)NC2CCC(N)CC2)oc2ccc(Cl)cc12. The number of nitrogens with one attached hydrogen (secondary N) is 1. The van der Waals surface area contributed by atoms with Crippen LogP contribution in [0.1, 0.15) is 41.8 Å². The van der Waals surface area contributed by atoms with Crippen LogP contribution in [-0.2, 0) is 0 Å². The van der Waals surface area contributed by atoms with Crippen molar-refractivity contribution in [3.05, 3.63) is 34.5 Å². The number of carbonyl (C=O) groups is 1. The fourth-order valence-electron chi connectivity index (χ4n) is 2.92. The summed E-state index contributed by atoms with van der Waals surface area (Å²) >= 11 is 5.99. The average molecular weight is 307 g/mol. The zero-order chi connectivity index (χ0) is 15.0. The summed E-state index contributed by atoms with van der Waals surface area (Å²) in [4.78, 5) is 12.4. The van der Waals surface area contributed by atoms with E-state index in [0.29, 0.717) is 16.4 Å². The maximum absolute atomic E-state index is 12.4. The second-order valence-corrected chi connectivity index (χ2v) is 6.22. The molecule has 0 aliphatic heterocycles. The maximum atomic E-state index is 12.4. The van der Waals surface area contributed by atoms with Crippen LogP contribution in [0, 0.1) is 6.92 Å². The number of fused-ring (bicyclic) bond motifs is 1. The Hall–Kier alpha value is -1.52. The molecule has 0 unspecified atom stereocenters. The Kier molecular flexibility index (Phi) is 3.91. The van der Waals surface area contributed by atoms with Gasteiger partial charge in [-0.3, -0.25) is 4.79 Å². The number of aryl methyl sites for hydroxylation is 1. The van der Waals surface area contributed by atoms with Crippen molar-refractivity contribution in [3.8, 4) is 0 Å². The number of halogens is 1. The second kappa shape index (κ2) is 5.70. The van der Waals surface area contributed by atoms with E-state index in [0.717, 1.165) is 36.6 Å². The van der Waals surface area contributed by atoms with E-state index in [1.165, 1.54) is 0 Å². The van der Waals surface area contributed by atoms with Crippen LogP contribution in [0.25, 0.3) is 11.0 Å². The van der Waals surface area contributed by atoms with Gasteiger partial charge in [0, 0.05) is 28.1 Å². The first-order valence-corrected chi connectivity index (χ1v) is 7.67. The smallest absolute Gasteiger partial charge is 0.287 e. The third-order valence-electron chi connectivity index (χ3n) is 4.21. The van der Waals surface area contributed by atoms with Crippen LogP contribution in [0.5, 0.6) is 0 Å². The average Bonchev–Trinajstić information content (AvgIpc) is 2.79. The monoisotopic (exact) mass is 306 g/mol. The van der Waals surface area contributed by atoms with Gasteiger partial charge in [-0.05, 0) is 50.8 Å². The summed E-state index contributed by atoms with van der Waals surface area (Å²) < 4.78 is 5.68. The normalized spacial score (nSPS) is 22.4. The number of hydrogen-bond acceptors (Lipinski definition) is 3. The molecule has 5 heteroatoms. The molecule has 21 heavy (non-hydrogen) atoms. The quantitative estimate of drug-likeness (QED) is 0.893. The van der Waals surface area contributed by atoms with Crippen molar-refractivity contribution >= 4 is 28.5 Å². The highest BCUT2D eigenvalue weighted by Gasteiger charge is 2.23. The Morgan fingerprint density at radius 1 is 1.33 bits per heavy atom. The number of amides is 1. The predicted octanol–water partition coefficient (Wildman–Crippen LogP) is 3.39. The van der Waals surface area contributed by atoms with Crippen LogP contribution in [0.2, 0.25) is 5.02 Å². The molecule has 1 fully saturated rings. The second-order valence-electron chi connectivity index (χ2n) is 5.78. The molecule has 0 atom stereocenters. The first-order chi connectivity index (χ1) is 10.0. The summed E-state index contributed by atoms with van der Waals surface area (Å²) in [6, 6.07) is 5.84. The number of carbonyl (C=O) groups excluding carboxylic acids is 1. The molecule has 0 saturated heterocycles. The Balaban J connectivity index is 1.80. The fourth-order valence-corrected chi connectivity index (χ4v) is 3.10. The van der Waals surface area contributed by atoms with E-state index in [2.05, 4.69) is 5.32 Å². The van der Waals surface area contributed by atoms with Gasteiger partial charge in [0.05, 0.1) is 0 Å². The van der Waals surface area contributed by atoms with E-state index in [1.807, 2.05) is 13.0 Å². The molecule has 3 N–H and O–H groups in total. The van der Waals surface area contributed by atoms with E-state index in [4.69, 9.17) is 21.8 Å². The molecule has 112 valence electrons. The minimum Gasteiger partial charge on any atom is -0.451 e. The Bertz CT molecular complexity index is 672. The Labute approximate surface area is 128 Å². The molecule has 1 amide bonds. The summed E-state index contributed by atoms with van der Waals surface area (Å²) in [7, 11) is 0. The molecule has 2 aromatic rings. The van der Waals surface area contributed by atoms with Crippen molar-refractivity contribution in [2.75, 3.05) is 0 Å². The lowest BCUT2D eigenvalue weighted by Crippen LogP contribution is -2.40. The maximum Gasteiger partial charge on any atom is 0.287 e. The molecule has 0 spiro atoms. The first kappa shape index (κ1) is 14.4. The van der Waals surface area contributed by atoms with Gasteiger partial charge in [0.2, 0.25) is 0 Å². The molecule has 0 bridgehead atoms. The van der Waals surface area contributed by atoms with Gasteiger partial charge >= 0.3 is 0 Å². The minimum absolute atomic E-state index is 0.153. The van der Waals surface area contributed by atoms with E-state index < -0.39 is 0 Å². The third-order valence-corrected chi connectivity index (χ3v) is 4.45. The number of hydrogen-bond donors (Lipinski definition) is 2. The van der Waals surface area contributed by atoms with Crippen molar-refractivity contribution in [2.24, 2.45) is 5.73 Å². The fraction of sp³-hybridized carbons (Fsp3) is 0.438. The summed E-state index contributed by atoms with van der Waals surface area (Å²) in [6.45, 7) is 1.88. The molecular weight excluding hydrogens is 288 g/mol. The number of benzene rings is 1. The first-order valence-electron chi connectivity index (χ1n) is 7.29. The zero-order valence-corrected chi connectivity index (χ0v) is 12.7. The van der Waals surface area contributed by atoms with Crippen molar-refractivity contribution in [1.29, 1.82) is 0 Å². The summed E-state index contributed by atoms with van der Waals surface area (Å²) in [5.74, 6) is 0.224. The number of nitrogens with two attached hydrogens (primary N) is 1. The van der Waals surface area contributed by atoms with Crippen LogP contribution >= 0.6 is 11.6 Å². The van der Waals surface area contributed by atoms with Gasteiger partial charge < -0.3 is 15.5 Å². The van der Waals surface area contributed by atoms with E-state index >= 15 is 0 Å². The molecule has 1 aromatic heterocycles. The standard InChI is InChI=1S/C16H19ClN2O2/c1-9-13-8-10(17)2-7-14(13)21-15(9)16(20)19-12-5-3-11(18)4-6-12/h2,7-8,11-12H,3-6,18H2,1H3,(H,19,20). The van der Waals surface area contributed by atoms with Gasteiger partial charge in [-0.1, -0.05) is 11.6 Å². The summed E-state index contributed by atoms with van der Waals surface area (Å²) in [6.07, 6.45) is 3.77. The molecule has 4 nitrogen and oxygen atoms in total. The molecular formula is C16H19ClN2O2. The Morgan fingerprint density at radius 2 is 2.05 bits per heavy atom. The molecule has 1 aromatic carbocycles. The predicted molar refractivity (Wildman–Crippen MR) is 83.7 cm³/mol. The minimum atomic E-state index is -0.153. The summed E-state index contributed by atoms with van der Waals surface area (Å²) in [5, 5.41) is 4.58. The van der Waals surface area contributed by atoms with Crippen molar-refractivity contribution in [3.63, 3.8) is 0 Å². The van der Waals surface area contributed by atoms with Gasteiger partial charge in [0.15, 0.2) is 5.76 Å². The molecule has 0 radical (unpaired) electrons. The largest absolute Gasteiger partial charge is 0.451 e.